The molecule has 0 atom stereocenters. The van der Waals surface area contributed by atoms with Crippen LogP contribution in [0.5, 0.6) is 0 Å². The second-order valence-corrected chi connectivity index (χ2v) is 8.48. The van der Waals surface area contributed by atoms with Gasteiger partial charge in [0.1, 0.15) is 5.01 Å². The molecule has 0 aliphatic heterocycles. The van der Waals surface area contributed by atoms with E-state index < -0.39 is 23.3 Å². The number of nitrogens with zero attached hydrogens (tertiary/aromatic N) is 3. The van der Waals surface area contributed by atoms with E-state index in [4.69, 9.17) is 0 Å². The topological polar surface area (TPSA) is 59.8 Å². The number of thiazole rings is 1. The van der Waals surface area contributed by atoms with Crippen molar-refractivity contribution in [2.45, 2.75) is 26.4 Å². The van der Waals surface area contributed by atoms with Crippen molar-refractivity contribution in [2.75, 3.05) is 6.54 Å². The first-order valence-electron chi connectivity index (χ1n) is 10.2. The van der Waals surface area contributed by atoms with E-state index in [2.05, 4.69) is 15.4 Å². The SMILES string of the molecule is Cc1ccc(-c2nc(CCNC(=O)c3cnn(-c4ccccc4C)c3C(F)(F)F)cs2)cc1. The molecule has 0 bridgehead atoms. The first-order valence-corrected chi connectivity index (χ1v) is 11.1. The van der Waals surface area contributed by atoms with Gasteiger partial charge in [-0.15, -0.1) is 11.3 Å². The van der Waals surface area contributed by atoms with E-state index >= 15 is 0 Å². The number of rotatable bonds is 6. The molecule has 5 nitrogen and oxygen atoms in total. The van der Waals surface area contributed by atoms with Crippen molar-refractivity contribution in [1.29, 1.82) is 0 Å². The summed E-state index contributed by atoms with van der Waals surface area (Å²) < 4.78 is 42.3. The van der Waals surface area contributed by atoms with Gasteiger partial charge < -0.3 is 5.32 Å². The maximum Gasteiger partial charge on any atom is 0.434 e. The van der Waals surface area contributed by atoms with Crippen LogP contribution in [-0.4, -0.2) is 27.2 Å². The van der Waals surface area contributed by atoms with Gasteiger partial charge in [-0.2, -0.15) is 18.3 Å². The van der Waals surface area contributed by atoms with Crippen molar-refractivity contribution in [3.8, 4) is 16.3 Å². The van der Waals surface area contributed by atoms with Gasteiger partial charge in [0.15, 0.2) is 5.69 Å². The molecular weight excluding hydrogens is 449 g/mol. The minimum Gasteiger partial charge on any atom is -0.352 e. The lowest BCUT2D eigenvalue weighted by Gasteiger charge is -2.14. The third kappa shape index (κ3) is 4.98. The van der Waals surface area contributed by atoms with Gasteiger partial charge in [-0.25, -0.2) is 9.67 Å². The summed E-state index contributed by atoms with van der Waals surface area (Å²) in [6.45, 7) is 3.85. The lowest BCUT2D eigenvalue weighted by molar-refractivity contribution is -0.143. The fourth-order valence-electron chi connectivity index (χ4n) is 3.42. The molecular formula is C24H21F3N4OS. The molecule has 1 N–H and O–H groups in total. The summed E-state index contributed by atoms with van der Waals surface area (Å²) in [4.78, 5) is 17.2. The first-order chi connectivity index (χ1) is 15.7. The van der Waals surface area contributed by atoms with E-state index in [9.17, 15) is 18.0 Å². The van der Waals surface area contributed by atoms with Crippen LogP contribution in [0.1, 0.15) is 32.9 Å². The minimum absolute atomic E-state index is 0.156. The van der Waals surface area contributed by atoms with Gasteiger partial charge in [0.2, 0.25) is 0 Å². The van der Waals surface area contributed by atoms with E-state index in [1.54, 1.807) is 25.1 Å². The smallest absolute Gasteiger partial charge is 0.352 e. The van der Waals surface area contributed by atoms with Gasteiger partial charge in [0.25, 0.3) is 5.91 Å². The number of alkyl halides is 3. The van der Waals surface area contributed by atoms with Gasteiger partial charge in [0.05, 0.1) is 23.1 Å². The van der Waals surface area contributed by atoms with Gasteiger partial charge >= 0.3 is 6.18 Å². The molecule has 0 unspecified atom stereocenters. The van der Waals surface area contributed by atoms with E-state index in [1.165, 1.54) is 17.4 Å². The van der Waals surface area contributed by atoms with Crippen LogP contribution in [0.3, 0.4) is 0 Å². The number of benzene rings is 2. The summed E-state index contributed by atoms with van der Waals surface area (Å²) in [5, 5.41) is 9.18. The van der Waals surface area contributed by atoms with Crippen molar-refractivity contribution in [3.63, 3.8) is 0 Å². The molecule has 33 heavy (non-hydrogen) atoms. The van der Waals surface area contributed by atoms with E-state index in [0.29, 0.717) is 12.0 Å². The fourth-order valence-corrected chi connectivity index (χ4v) is 4.28. The number of halogens is 3. The summed E-state index contributed by atoms with van der Waals surface area (Å²) in [5.41, 5.74) is 2.21. The van der Waals surface area contributed by atoms with E-state index in [0.717, 1.165) is 32.7 Å². The highest BCUT2D eigenvalue weighted by Gasteiger charge is 2.40. The largest absolute Gasteiger partial charge is 0.434 e. The molecule has 170 valence electrons. The van der Waals surface area contributed by atoms with Gasteiger partial charge in [-0.3, -0.25) is 4.79 Å². The number of carbonyl (C=O) groups excluding carboxylic acids is 1. The minimum atomic E-state index is -4.75. The molecule has 2 heterocycles. The Hall–Kier alpha value is -3.46. The number of para-hydroxylation sites is 1. The second-order valence-electron chi connectivity index (χ2n) is 7.62. The normalized spacial score (nSPS) is 11.5. The number of nitrogens with one attached hydrogen (secondary N) is 1. The van der Waals surface area contributed by atoms with Crippen LogP contribution in [0, 0.1) is 13.8 Å². The number of carbonyl (C=O) groups is 1. The van der Waals surface area contributed by atoms with Crippen molar-refractivity contribution in [3.05, 3.63) is 88.2 Å². The highest BCUT2D eigenvalue weighted by molar-refractivity contribution is 7.13. The molecule has 1 amide bonds. The molecule has 0 radical (unpaired) electrons. The number of hydrogen-bond acceptors (Lipinski definition) is 4. The molecule has 0 saturated heterocycles. The number of hydrogen-bond donors (Lipinski definition) is 1. The Kier molecular flexibility index (Phi) is 6.33. The third-order valence-corrected chi connectivity index (χ3v) is 6.08. The van der Waals surface area contributed by atoms with Crippen molar-refractivity contribution < 1.29 is 18.0 Å². The van der Waals surface area contributed by atoms with Crippen LogP contribution in [0.4, 0.5) is 13.2 Å². The Bertz CT molecular complexity index is 1280. The maximum absolute atomic E-state index is 13.8. The Balaban J connectivity index is 1.47. The van der Waals surface area contributed by atoms with Crippen LogP contribution in [0.2, 0.25) is 0 Å². The summed E-state index contributed by atoms with van der Waals surface area (Å²) in [7, 11) is 0. The highest BCUT2D eigenvalue weighted by atomic mass is 32.1. The maximum atomic E-state index is 13.8. The quantitative estimate of drug-likeness (QED) is 0.399. The number of aromatic nitrogens is 3. The highest BCUT2D eigenvalue weighted by Crippen LogP contribution is 2.34. The second kappa shape index (κ2) is 9.19. The molecule has 0 saturated carbocycles. The molecule has 0 spiro atoms. The summed E-state index contributed by atoms with van der Waals surface area (Å²) in [6.07, 6.45) is -3.38. The Morgan fingerprint density at radius 3 is 2.52 bits per heavy atom. The lowest BCUT2D eigenvalue weighted by Crippen LogP contribution is -2.28. The van der Waals surface area contributed by atoms with Gasteiger partial charge in [-0.05, 0) is 25.5 Å². The number of aryl methyl sites for hydroxylation is 2. The average Bonchev–Trinajstić information content (AvgIpc) is 3.42. The molecule has 0 aliphatic carbocycles. The fraction of sp³-hybridized carbons (Fsp3) is 0.208. The molecule has 9 heteroatoms. The zero-order chi connectivity index (χ0) is 23.6. The Labute approximate surface area is 192 Å². The summed E-state index contributed by atoms with van der Waals surface area (Å²) >= 11 is 1.49. The molecule has 0 aliphatic rings. The summed E-state index contributed by atoms with van der Waals surface area (Å²) in [5.74, 6) is -0.823. The Morgan fingerprint density at radius 2 is 1.82 bits per heavy atom. The van der Waals surface area contributed by atoms with Gasteiger partial charge in [0, 0.05) is 23.9 Å². The van der Waals surface area contributed by atoms with E-state index in [1.807, 2.05) is 36.6 Å². The van der Waals surface area contributed by atoms with Crippen LogP contribution < -0.4 is 5.32 Å². The molecule has 2 aromatic carbocycles. The number of amides is 1. The van der Waals surface area contributed by atoms with Crippen LogP contribution in [0.15, 0.2) is 60.1 Å². The van der Waals surface area contributed by atoms with Crippen LogP contribution in [0.25, 0.3) is 16.3 Å². The predicted molar refractivity (Wildman–Crippen MR) is 122 cm³/mol. The van der Waals surface area contributed by atoms with Crippen molar-refractivity contribution in [2.24, 2.45) is 0 Å². The van der Waals surface area contributed by atoms with Crippen LogP contribution in [-0.2, 0) is 12.6 Å². The standard InChI is InChI=1S/C24H21F3N4OS/c1-15-7-9-17(10-8-15)23-30-18(14-33-23)11-12-28-22(32)19-13-29-31(21(19)24(25,26)27)20-6-4-3-5-16(20)2/h3-10,13-14H,11-12H2,1-2H3,(H,28,32). The Morgan fingerprint density at radius 1 is 1.09 bits per heavy atom. The van der Waals surface area contributed by atoms with Crippen LogP contribution >= 0.6 is 11.3 Å². The van der Waals surface area contributed by atoms with Crippen molar-refractivity contribution >= 4 is 17.2 Å². The van der Waals surface area contributed by atoms with Crippen molar-refractivity contribution in [1.82, 2.24) is 20.1 Å². The lowest BCUT2D eigenvalue weighted by atomic mass is 10.1. The van der Waals surface area contributed by atoms with Gasteiger partial charge in [-0.1, -0.05) is 48.0 Å². The monoisotopic (exact) mass is 470 g/mol. The molecule has 4 rings (SSSR count). The zero-order valence-electron chi connectivity index (χ0n) is 18.0. The molecule has 4 aromatic rings. The van der Waals surface area contributed by atoms with E-state index in [-0.39, 0.29) is 12.2 Å². The molecule has 2 aromatic heterocycles. The average molecular weight is 471 g/mol. The predicted octanol–water partition coefficient (Wildman–Crippen LogP) is 5.60. The zero-order valence-corrected chi connectivity index (χ0v) is 18.8. The molecule has 0 fully saturated rings. The summed E-state index contributed by atoms with van der Waals surface area (Å²) in [6, 6.07) is 14.6. The first kappa shape index (κ1) is 22.7. The third-order valence-electron chi connectivity index (χ3n) is 5.14.